The number of hydrogen-bond donors (Lipinski definition) is 1. The molecule has 0 atom stereocenters. The monoisotopic (exact) mass is 380 g/mol. The molecule has 4 heterocycles. The molecule has 0 bridgehead atoms. The van der Waals surface area contributed by atoms with Gasteiger partial charge < -0.3 is 10.1 Å². The topological polar surface area (TPSA) is 77.2 Å². The number of ether oxygens (including phenoxy) is 1. The Bertz CT molecular complexity index is 1190. The van der Waals surface area contributed by atoms with Crippen molar-refractivity contribution < 1.29 is 13.5 Å². The van der Waals surface area contributed by atoms with E-state index in [9.17, 15) is 8.78 Å². The molecule has 5 rings (SSSR count). The SMILES string of the molecule is Fc1ccc2c(c1CNc1ncc(-c3cccnc3F)c3nncn13)CCO2. The van der Waals surface area contributed by atoms with E-state index < -0.39 is 5.95 Å². The maximum atomic E-state index is 14.3. The second-order valence-electron chi connectivity index (χ2n) is 6.32. The summed E-state index contributed by atoms with van der Waals surface area (Å²) in [5.41, 5.74) is 2.57. The van der Waals surface area contributed by atoms with Crippen molar-refractivity contribution >= 4 is 11.6 Å². The lowest BCUT2D eigenvalue weighted by molar-refractivity contribution is 0.356. The van der Waals surface area contributed by atoms with E-state index in [0.29, 0.717) is 41.5 Å². The summed E-state index contributed by atoms with van der Waals surface area (Å²) >= 11 is 0. The molecular weight excluding hydrogens is 366 g/mol. The van der Waals surface area contributed by atoms with Crippen LogP contribution in [0.1, 0.15) is 11.1 Å². The van der Waals surface area contributed by atoms with Gasteiger partial charge in [0.05, 0.1) is 12.2 Å². The van der Waals surface area contributed by atoms with E-state index in [1.54, 1.807) is 22.6 Å². The second kappa shape index (κ2) is 6.52. The van der Waals surface area contributed by atoms with Gasteiger partial charge in [-0.1, -0.05) is 0 Å². The van der Waals surface area contributed by atoms with Crippen molar-refractivity contribution in [2.24, 2.45) is 0 Å². The third-order valence-corrected chi connectivity index (χ3v) is 4.75. The number of nitrogens with zero attached hydrogens (tertiary/aromatic N) is 5. The lowest BCUT2D eigenvalue weighted by atomic mass is 10.0. The summed E-state index contributed by atoms with van der Waals surface area (Å²) in [7, 11) is 0. The molecule has 3 aromatic heterocycles. The van der Waals surface area contributed by atoms with Crippen molar-refractivity contribution in [3.63, 3.8) is 0 Å². The van der Waals surface area contributed by atoms with Gasteiger partial charge in [-0.05, 0) is 24.3 Å². The predicted octanol–water partition coefficient (Wildman–Crippen LogP) is 3.01. The maximum absolute atomic E-state index is 14.3. The lowest BCUT2D eigenvalue weighted by Gasteiger charge is -2.12. The molecular formula is C19H14F2N6O. The molecule has 0 aliphatic carbocycles. The third-order valence-electron chi connectivity index (χ3n) is 4.75. The van der Waals surface area contributed by atoms with Gasteiger partial charge in [0.2, 0.25) is 11.9 Å². The molecule has 0 spiro atoms. The minimum absolute atomic E-state index is 0.221. The highest BCUT2D eigenvalue weighted by atomic mass is 19.1. The summed E-state index contributed by atoms with van der Waals surface area (Å²) in [4.78, 5) is 8.03. The molecule has 0 unspecified atom stereocenters. The molecule has 28 heavy (non-hydrogen) atoms. The molecule has 1 N–H and O–H groups in total. The van der Waals surface area contributed by atoms with E-state index in [0.717, 1.165) is 5.56 Å². The van der Waals surface area contributed by atoms with Gasteiger partial charge in [-0.15, -0.1) is 10.2 Å². The minimum Gasteiger partial charge on any atom is -0.493 e. The quantitative estimate of drug-likeness (QED) is 0.549. The first kappa shape index (κ1) is 16.5. The van der Waals surface area contributed by atoms with Crippen molar-refractivity contribution in [2.45, 2.75) is 13.0 Å². The summed E-state index contributed by atoms with van der Waals surface area (Å²) in [5, 5.41) is 11.1. The van der Waals surface area contributed by atoms with Crippen LogP contribution in [0.25, 0.3) is 16.8 Å². The van der Waals surface area contributed by atoms with Crippen molar-refractivity contribution in [3.8, 4) is 16.9 Å². The molecule has 0 fully saturated rings. The van der Waals surface area contributed by atoms with Crippen LogP contribution in [0.4, 0.5) is 14.7 Å². The highest BCUT2D eigenvalue weighted by Gasteiger charge is 2.20. The Kier molecular flexibility index (Phi) is 3.85. The van der Waals surface area contributed by atoms with Crippen LogP contribution in [0.15, 0.2) is 43.0 Å². The number of rotatable bonds is 4. The average molecular weight is 380 g/mol. The highest BCUT2D eigenvalue weighted by Crippen LogP contribution is 2.31. The molecule has 7 nitrogen and oxygen atoms in total. The van der Waals surface area contributed by atoms with Crippen LogP contribution < -0.4 is 10.1 Å². The first-order valence-corrected chi connectivity index (χ1v) is 8.69. The van der Waals surface area contributed by atoms with Crippen molar-refractivity contribution in [3.05, 3.63) is 65.9 Å². The van der Waals surface area contributed by atoms with Crippen molar-refractivity contribution in [2.75, 3.05) is 11.9 Å². The van der Waals surface area contributed by atoms with Crippen LogP contribution >= 0.6 is 0 Å². The van der Waals surface area contributed by atoms with Gasteiger partial charge in [-0.3, -0.25) is 4.40 Å². The fourth-order valence-electron chi connectivity index (χ4n) is 3.40. The zero-order chi connectivity index (χ0) is 19.1. The van der Waals surface area contributed by atoms with Gasteiger partial charge in [0, 0.05) is 42.0 Å². The van der Waals surface area contributed by atoms with Gasteiger partial charge in [0.1, 0.15) is 17.9 Å². The number of nitrogens with one attached hydrogen (secondary N) is 1. The van der Waals surface area contributed by atoms with Gasteiger partial charge >= 0.3 is 0 Å². The zero-order valence-corrected chi connectivity index (χ0v) is 14.6. The molecule has 4 aromatic rings. The highest BCUT2D eigenvalue weighted by molar-refractivity contribution is 5.77. The number of hydrogen-bond acceptors (Lipinski definition) is 6. The average Bonchev–Trinajstić information content (AvgIpc) is 3.37. The van der Waals surface area contributed by atoms with E-state index in [1.165, 1.54) is 24.8 Å². The van der Waals surface area contributed by atoms with E-state index in [1.807, 2.05) is 0 Å². The Morgan fingerprint density at radius 2 is 2.07 bits per heavy atom. The Labute approximate surface area is 158 Å². The summed E-state index contributed by atoms with van der Waals surface area (Å²) in [5.74, 6) is 0.217. The molecule has 0 amide bonds. The van der Waals surface area contributed by atoms with Crippen LogP contribution in [0.3, 0.4) is 0 Å². The normalized spacial score (nSPS) is 12.8. The first-order valence-electron chi connectivity index (χ1n) is 8.69. The molecule has 0 saturated heterocycles. The summed E-state index contributed by atoms with van der Waals surface area (Å²) in [6.07, 6.45) is 5.01. The predicted molar refractivity (Wildman–Crippen MR) is 96.9 cm³/mol. The molecule has 9 heteroatoms. The number of pyridine rings is 1. The van der Waals surface area contributed by atoms with Crippen LogP contribution in [0.2, 0.25) is 0 Å². The second-order valence-corrected chi connectivity index (χ2v) is 6.32. The number of halogens is 2. The smallest absolute Gasteiger partial charge is 0.220 e. The van der Waals surface area contributed by atoms with Crippen LogP contribution in [0.5, 0.6) is 5.75 Å². The van der Waals surface area contributed by atoms with Crippen LogP contribution in [-0.2, 0) is 13.0 Å². The summed E-state index contributed by atoms with van der Waals surface area (Å²) in [6, 6.07) is 6.29. The Morgan fingerprint density at radius 1 is 1.14 bits per heavy atom. The van der Waals surface area contributed by atoms with Crippen LogP contribution in [-0.4, -0.2) is 31.2 Å². The Morgan fingerprint density at radius 3 is 2.96 bits per heavy atom. The molecule has 140 valence electrons. The van der Waals surface area contributed by atoms with Gasteiger partial charge in [-0.25, -0.2) is 14.4 Å². The van der Waals surface area contributed by atoms with Gasteiger partial charge in [0.25, 0.3) is 0 Å². The lowest BCUT2D eigenvalue weighted by Crippen LogP contribution is -2.10. The number of anilines is 1. The van der Waals surface area contributed by atoms with Crippen LogP contribution in [0, 0.1) is 11.8 Å². The zero-order valence-electron chi connectivity index (χ0n) is 14.6. The maximum Gasteiger partial charge on any atom is 0.220 e. The van der Waals surface area contributed by atoms with E-state index in [-0.39, 0.29) is 17.9 Å². The fraction of sp³-hybridized carbons (Fsp3) is 0.158. The summed E-state index contributed by atoms with van der Waals surface area (Å²) in [6.45, 7) is 0.768. The third kappa shape index (κ3) is 2.63. The molecule has 1 aliphatic rings. The van der Waals surface area contributed by atoms with E-state index in [4.69, 9.17) is 4.74 Å². The Hall–Kier alpha value is -3.62. The number of benzene rings is 1. The van der Waals surface area contributed by atoms with Gasteiger partial charge in [0.15, 0.2) is 5.65 Å². The fourth-order valence-corrected chi connectivity index (χ4v) is 3.40. The number of aromatic nitrogens is 5. The molecule has 0 radical (unpaired) electrons. The van der Waals surface area contributed by atoms with Gasteiger partial charge in [-0.2, -0.15) is 4.39 Å². The largest absolute Gasteiger partial charge is 0.493 e. The standard InChI is InChI=1S/C19H14F2N6O/c20-15-3-4-16-11(5-7-28-16)13(15)8-23-19-24-9-14(18-26-25-10-27(18)19)12-2-1-6-22-17(12)21/h1-4,6,9-10H,5,7-8H2,(H,23,24). The number of fused-ring (bicyclic) bond motifs is 2. The molecule has 1 aliphatic heterocycles. The van der Waals surface area contributed by atoms with Crippen molar-refractivity contribution in [1.29, 1.82) is 0 Å². The summed E-state index contributed by atoms with van der Waals surface area (Å²) < 4.78 is 35.5. The molecule has 0 saturated carbocycles. The van der Waals surface area contributed by atoms with E-state index in [2.05, 4.69) is 25.5 Å². The minimum atomic E-state index is -0.614. The first-order chi connectivity index (χ1) is 13.7. The Balaban J connectivity index is 1.51. The van der Waals surface area contributed by atoms with Crippen molar-refractivity contribution in [1.82, 2.24) is 24.6 Å². The van der Waals surface area contributed by atoms with E-state index >= 15 is 0 Å². The molecule has 1 aromatic carbocycles.